The molecule has 0 aliphatic carbocycles. The summed E-state index contributed by atoms with van der Waals surface area (Å²) in [5.74, 6) is 0.204. The lowest BCUT2D eigenvalue weighted by Gasteiger charge is -2.24. The van der Waals surface area contributed by atoms with Gasteiger partial charge in [-0.15, -0.1) is 0 Å². The highest BCUT2D eigenvalue weighted by Gasteiger charge is 2.42. The number of carbonyl (C=O) groups is 1. The highest BCUT2D eigenvalue weighted by molar-refractivity contribution is 5.69. The van der Waals surface area contributed by atoms with Gasteiger partial charge in [-0.1, -0.05) is 0 Å². The van der Waals surface area contributed by atoms with Crippen molar-refractivity contribution < 1.29 is 14.3 Å². The first kappa shape index (κ1) is 12.5. The average Bonchev–Trinajstić information content (AvgIpc) is 2.92. The first-order valence-corrected chi connectivity index (χ1v) is 6.56. The SMILES string of the molecule is CC(C)(C)OC(=O)N1CC2OCc3[nH]ncc3C2C1. The van der Waals surface area contributed by atoms with Crippen LogP contribution in [0.2, 0.25) is 0 Å². The van der Waals surface area contributed by atoms with Gasteiger partial charge in [0.15, 0.2) is 0 Å². The summed E-state index contributed by atoms with van der Waals surface area (Å²) in [5.41, 5.74) is 1.72. The Labute approximate surface area is 112 Å². The Balaban J connectivity index is 1.72. The van der Waals surface area contributed by atoms with Crippen LogP contribution in [0.5, 0.6) is 0 Å². The quantitative estimate of drug-likeness (QED) is 0.774. The fourth-order valence-corrected chi connectivity index (χ4v) is 2.66. The van der Waals surface area contributed by atoms with Crippen LogP contribution in [0.4, 0.5) is 4.79 Å². The lowest BCUT2D eigenvalue weighted by Crippen LogP contribution is -2.36. The molecule has 1 aromatic rings. The molecule has 2 aliphatic rings. The van der Waals surface area contributed by atoms with E-state index in [9.17, 15) is 4.79 Å². The molecule has 0 saturated carbocycles. The molecule has 6 heteroatoms. The van der Waals surface area contributed by atoms with Gasteiger partial charge in [0.05, 0.1) is 31.1 Å². The number of rotatable bonds is 0. The number of nitrogens with one attached hydrogen (secondary N) is 1. The Morgan fingerprint density at radius 1 is 1.53 bits per heavy atom. The van der Waals surface area contributed by atoms with E-state index >= 15 is 0 Å². The maximum absolute atomic E-state index is 12.1. The second-order valence-electron chi connectivity index (χ2n) is 6.15. The van der Waals surface area contributed by atoms with Crippen LogP contribution in [0, 0.1) is 0 Å². The summed E-state index contributed by atoms with van der Waals surface area (Å²) in [6.45, 7) is 7.38. The lowest BCUT2D eigenvalue weighted by atomic mass is 9.94. The Bertz CT molecular complexity index is 492. The number of carbonyl (C=O) groups excluding carboxylic acids is 1. The van der Waals surface area contributed by atoms with Crippen molar-refractivity contribution in [3.8, 4) is 0 Å². The number of ether oxygens (including phenoxy) is 2. The number of H-pyrrole nitrogens is 1. The highest BCUT2D eigenvalue weighted by atomic mass is 16.6. The van der Waals surface area contributed by atoms with Crippen LogP contribution >= 0.6 is 0 Å². The molecule has 2 atom stereocenters. The van der Waals surface area contributed by atoms with E-state index in [1.807, 2.05) is 27.0 Å². The molecule has 1 amide bonds. The Morgan fingerprint density at radius 2 is 2.32 bits per heavy atom. The van der Waals surface area contributed by atoms with E-state index < -0.39 is 5.60 Å². The Hall–Kier alpha value is -1.56. The van der Waals surface area contributed by atoms with Gasteiger partial charge in [0, 0.05) is 18.0 Å². The van der Waals surface area contributed by atoms with Crippen LogP contribution in [0.1, 0.15) is 37.9 Å². The molecule has 6 nitrogen and oxygen atoms in total. The second kappa shape index (κ2) is 4.23. The summed E-state index contributed by atoms with van der Waals surface area (Å²) < 4.78 is 11.2. The fourth-order valence-electron chi connectivity index (χ4n) is 2.66. The summed E-state index contributed by atoms with van der Waals surface area (Å²) >= 11 is 0. The van der Waals surface area contributed by atoms with E-state index in [0.717, 1.165) is 5.69 Å². The normalized spacial score (nSPS) is 25.9. The molecular formula is C13H19N3O3. The van der Waals surface area contributed by atoms with Gasteiger partial charge in [-0.05, 0) is 20.8 Å². The predicted octanol–water partition coefficient (Wildman–Crippen LogP) is 1.64. The maximum atomic E-state index is 12.1. The summed E-state index contributed by atoms with van der Waals surface area (Å²) in [4.78, 5) is 13.8. The zero-order chi connectivity index (χ0) is 13.6. The topological polar surface area (TPSA) is 67.4 Å². The van der Waals surface area contributed by atoms with Crippen LogP contribution in [-0.4, -0.2) is 46.0 Å². The third-order valence-corrected chi connectivity index (χ3v) is 3.51. The number of nitrogens with zero attached hydrogens (tertiary/aromatic N) is 2. The molecule has 0 aromatic carbocycles. The first-order chi connectivity index (χ1) is 8.94. The first-order valence-electron chi connectivity index (χ1n) is 6.56. The molecule has 1 fully saturated rings. The average molecular weight is 265 g/mol. The van der Waals surface area contributed by atoms with Crippen molar-refractivity contribution in [3.63, 3.8) is 0 Å². The van der Waals surface area contributed by atoms with Gasteiger partial charge in [-0.3, -0.25) is 5.10 Å². The number of aromatic nitrogens is 2. The van der Waals surface area contributed by atoms with Crippen LogP contribution in [0.15, 0.2) is 6.20 Å². The zero-order valence-electron chi connectivity index (χ0n) is 11.5. The van der Waals surface area contributed by atoms with Gasteiger partial charge >= 0.3 is 6.09 Å². The van der Waals surface area contributed by atoms with Crippen LogP contribution in [0.25, 0.3) is 0 Å². The van der Waals surface area contributed by atoms with Crippen LogP contribution in [0.3, 0.4) is 0 Å². The molecule has 1 aromatic heterocycles. The van der Waals surface area contributed by atoms with E-state index in [2.05, 4.69) is 10.2 Å². The number of amides is 1. The van der Waals surface area contributed by atoms with Crippen molar-refractivity contribution in [2.45, 2.75) is 45.0 Å². The second-order valence-corrected chi connectivity index (χ2v) is 6.15. The molecule has 3 rings (SSSR count). The molecule has 0 bridgehead atoms. The van der Waals surface area contributed by atoms with Crippen molar-refractivity contribution >= 4 is 6.09 Å². The smallest absolute Gasteiger partial charge is 0.410 e. The minimum absolute atomic E-state index is 0.0534. The van der Waals surface area contributed by atoms with Gasteiger partial charge < -0.3 is 14.4 Å². The van der Waals surface area contributed by atoms with Crippen molar-refractivity contribution in [2.24, 2.45) is 0 Å². The minimum atomic E-state index is -0.466. The molecule has 3 heterocycles. The van der Waals surface area contributed by atoms with Gasteiger partial charge in [0.2, 0.25) is 0 Å². The van der Waals surface area contributed by atoms with Gasteiger partial charge in [0.25, 0.3) is 0 Å². The van der Waals surface area contributed by atoms with Gasteiger partial charge in [-0.25, -0.2) is 4.79 Å². The monoisotopic (exact) mass is 265 g/mol. The zero-order valence-corrected chi connectivity index (χ0v) is 11.5. The Morgan fingerprint density at radius 3 is 3.05 bits per heavy atom. The molecule has 0 radical (unpaired) electrons. The summed E-state index contributed by atoms with van der Waals surface area (Å²) in [6, 6.07) is 0. The Kier molecular flexibility index (Phi) is 2.78. The van der Waals surface area contributed by atoms with Crippen LogP contribution < -0.4 is 0 Å². The molecule has 1 saturated heterocycles. The van der Waals surface area contributed by atoms with E-state index in [1.165, 1.54) is 5.56 Å². The molecule has 1 N–H and O–H groups in total. The third kappa shape index (κ3) is 2.32. The van der Waals surface area contributed by atoms with Crippen molar-refractivity contribution in [1.82, 2.24) is 15.1 Å². The van der Waals surface area contributed by atoms with Crippen molar-refractivity contribution in [1.29, 1.82) is 0 Å². The standard InChI is InChI=1S/C13H19N3O3/c1-13(2,3)19-12(17)16-5-9-8-4-14-15-10(8)7-18-11(9)6-16/h4,9,11H,5-7H2,1-3H3,(H,14,15). The summed E-state index contributed by atoms with van der Waals surface area (Å²) in [5, 5.41) is 7.00. The number of hydrogen-bond acceptors (Lipinski definition) is 4. The number of likely N-dealkylation sites (tertiary alicyclic amines) is 1. The molecule has 0 spiro atoms. The van der Waals surface area contributed by atoms with E-state index in [-0.39, 0.29) is 18.1 Å². The molecule has 2 unspecified atom stereocenters. The number of aromatic amines is 1. The highest BCUT2D eigenvalue weighted by Crippen LogP contribution is 2.36. The molecular weight excluding hydrogens is 246 g/mol. The predicted molar refractivity (Wildman–Crippen MR) is 67.7 cm³/mol. The lowest BCUT2D eigenvalue weighted by molar-refractivity contribution is 0.0118. The van der Waals surface area contributed by atoms with E-state index in [1.54, 1.807) is 4.90 Å². The minimum Gasteiger partial charge on any atom is -0.444 e. The maximum Gasteiger partial charge on any atom is 0.410 e. The fraction of sp³-hybridized carbons (Fsp3) is 0.692. The van der Waals surface area contributed by atoms with Crippen LogP contribution in [-0.2, 0) is 16.1 Å². The number of fused-ring (bicyclic) bond motifs is 3. The van der Waals surface area contributed by atoms with E-state index in [0.29, 0.717) is 19.7 Å². The molecule has 2 aliphatic heterocycles. The van der Waals surface area contributed by atoms with Gasteiger partial charge in [-0.2, -0.15) is 5.10 Å². The number of hydrogen-bond donors (Lipinski definition) is 1. The van der Waals surface area contributed by atoms with Crippen molar-refractivity contribution in [2.75, 3.05) is 13.1 Å². The molecule has 19 heavy (non-hydrogen) atoms. The van der Waals surface area contributed by atoms with Crippen molar-refractivity contribution in [3.05, 3.63) is 17.5 Å². The third-order valence-electron chi connectivity index (χ3n) is 3.51. The molecule has 104 valence electrons. The van der Waals surface area contributed by atoms with Gasteiger partial charge in [0.1, 0.15) is 5.60 Å². The summed E-state index contributed by atoms with van der Waals surface area (Å²) in [6.07, 6.45) is 1.63. The largest absolute Gasteiger partial charge is 0.444 e. The van der Waals surface area contributed by atoms with E-state index in [4.69, 9.17) is 9.47 Å². The summed E-state index contributed by atoms with van der Waals surface area (Å²) in [7, 11) is 0.